The molecular formula is C22H30ClN3O2S2. The Kier molecular flexibility index (Phi) is 6.30. The van der Waals surface area contributed by atoms with E-state index in [-0.39, 0.29) is 5.41 Å². The van der Waals surface area contributed by atoms with Crippen LogP contribution in [0.25, 0.3) is 0 Å². The minimum absolute atomic E-state index is 0.0318. The zero-order chi connectivity index (χ0) is 21.5. The summed E-state index contributed by atoms with van der Waals surface area (Å²) in [5.74, 6) is 0. The Hall–Kier alpha value is -0.990. The van der Waals surface area contributed by atoms with Crippen molar-refractivity contribution in [3.63, 3.8) is 0 Å². The molecule has 2 saturated heterocycles. The number of thiazole rings is 1. The molecule has 1 aromatic heterocycles. The van der Waals surface area contributed by atoms with Gasteiger partial charge in [-0.05, 0) is 81.7 Å². The molecule has 0 aliphatic carbocycles. The summed E-state index contributed by atoms with van der Waals surface area (Å²) in [6, 6.07) is 3.49. The summed E-state index contributed by atoms with van der Waals surface area (Å²) in [7, 11) is -3.53. The monoisotopic (exact) mass is 467 g/mol. The van der Waals surface area contributed by atoms with Gasteiger partial charge in [-0.2, -0.15) is 4.31 Å². The number of hydrogen-bond acceptors (Lipinski definition) is 5. The summed E-state index contributed by atoms with van der Waals surface area (Å²) < 4.78 is 28.8. The molecule has 2 aliphatic rings. The molecule has 0 N–H and O–H groups in total. The third kappa shape index (κ3) is 4.46. The molecule has 3 heterocycles. The third-order valence-electron chi connectivity index (χ3n) is 6.49. The molecule has 5 nitrogen and oxygen atoms in total. The normalized spacial score (nSPS) is 23.9. The molecule has 164 valence electrons. The highest BCUT2D eigenvalue weighted by Gasteiger charge is 2.43. The molecule has 4 rings (SSSR count). The second kappa shape index (κ2) is 8.51. The van der Waals surface area contributed by atoms with Gasteiger partial charge < -0.3 is 0 Å². The molecule has 1 unspecified atom stereocenters. The lowest BCUT2D eigenvalue weighted by atomic mass is 9.74. The van der Waals surface area contributed by atoms with E-state index in [9.17, 15) is 8.42 Å². The van der Waals surface area contributed by atoms with Gasteiger partial charge in [-0.1, -0.05) is 11.6 Å². The maximum absolute atomic E-state index is 13.5. The van der Waals surface area contributed by atoms with Crippen LogP contribution in [-0.4, -0.2) is 48.8 Å². The molecule has 30 heavy (non-hydrogen) atoms. The molecule has 2 aromatic rings. The van der Waals surface area contributed by atoms with Crippen LogP contribution in [0, 0.1) is 26.2 Å². The molecule has 0 saturated carbocycles. The number of likely N-dealkylation sites (tertiary alicyclic amines) is 1. The minimum atomic E-state index is -3.53. The van der Waals surface area contributed by atoms with Crippen molar-refractivity contribution >= 4 is 33.0 Å². The van der Waals surface area contributed by atoms with Crippen molar-refractivity contribution in [1.29, 1.82) is 0 Å². The Labute approximate surface area is 189 Å². The average molecular weight is 468 g/mol. The first kappa shape index (κ1) is 22.2. The lowest BCUT2D eigenvalue weighted by Gasteiger charge is -2.48. The van der Waals surface area contributed by atoms with Gasteiger partial charge in [-0.25, -0.2) is 13.4 Å². The zero-order valence-corrected chi connectivity index (χ0v) is 20.3. The number of rotatable bonds is 4. The Bertz CT molecular complexity index is 1030. The van der Waals surface area contributed by atoms with Crippen molar-refractivity contribution in [3.05, 3.63) is 44.4 Å². The SMILES string of the molecule is Cc1nc(CN2CCCC3(CCCN(S(=O)(=O)c4cc(C)c(Cl)cc4C)C3)C2)cs1. The molecule has 0 amide bonds. The predicted molar refractivity (Wildman–Crippen MR) is 123 cm³/mol. The number of halogens is 1. The predicted octanol–water partition coefficient (Wildman–Crippen LogP) is 4.79. The van der Waals surface area contributed by atoms with Gasteiger partial charge in [-0.3, -0.25) is 4.90 Å². The number of hydrogen-bond donors (Lipinski definition) is 0. The van der Waals surface area contributed by atoms with Crippen LogP contribution in [0.3, 0.4) is 0 Å². The van der Waals surface area contributed by atoms with Gasteiger partial charge in [-0.15, -0.1) is 11.3 Å². The Morgan fingerprint density at radius 1 is 1.10 bits per heavy atom. The maximum atomic E-state index is 13.5. The van der Waals surface area contributed by atoms with E-state index in [0.29, 0.717) is 23.0 Å². The fourth-order valence-corrected chi connectivity index (χ4v) is 7.73. The first-order valence-electron chi connectivity index (χ1n) is 10.6. The molecule has 2 aliphatic heterocycles. The molecular weight excluding hydrogens is 438 g/mol. The van der Waals surface area contributed by atoms with E-state index in [0.717, 1.165) is 67.1 Å². The summed E-state index contributed by atoms with van der Waals surface area (Å²) in [5.41, 5.74) is 2.68. The van der Waals surface area contributed by atoms with E-state index in [1.807, 2.05) is 20.8 Å². The number of sulfonamides is 1. The minimum Gasteiger partial charge on any atom is -0.297 e. The lowest BCUT2D eigenvalue weighted by Crippen LogP contribution is -2.53. The van der Waals surface area contributed by atoms with Crippen molar-refractivity contribution in [3.8, 4) is 0 Å². The highest BCUT2D eigenvalue weighted by molar-refractivity contribution is 7.89. The van der Waals surface area contributed by atoms with Gasteiger partial charge >= 0.3 is 0 Å². The van der Waals surface area contributed by atoms with Crippen LogP contribution in [-0.2, 0) is 16.6 Å². The van der Waals surface area contributed by atoms with E-state index in [4.69, 9.17) is 11.6 Å². The van der Waals surface area contributed by atoms with E-state index in [1.165, 1.54) is 0 Å². The number of nitrogens with zero attached hydrogens (tertiary/aromatic N) is 3. The second-order valence-corrected chi connectivity index (χ2v) is 12.4. The van der Waals surface area contributed by atoms with Gasteiger partial charge in [0.15, 0.2) is 0 Å². The largest absolute Gasteiger partial charge is 0.297 e. The zero-order valence-electron chi connectivity index (χ0n) is 17.9. The van der Waals surface area contributed by atoms with Crippen molar-refractivity contribution in [2.75, 3.05) is 26.2 Å². The lowest BCUT2D eigenvalue weighted by molar-refractivity contribution is 0.0357. The van der Waals surface area contributed by atoms with Gasteiger partial charge in [0.2, 0.25) is 10.0 Å². The molecule has 0 bridgehead atoms. The van der Waals surface area contributed by atoms with Crippen molar-refractivity contribution in [1.82, 2.24) is 14.2 Å². The van der Waals surface area contributed by atoms with Gasteiger partial charge in [0.1, 0.15) is 0 Å². The smallest absolute Gasteiger partial charge is 0.243 e. The second-order valence-electron chi connectivity index (χ2n) is 8.98. The van der Waals surface area contributed by atoms with Crippen molar-refractivity contribution < 1.29 is 8.42 Å². The number of aryl methyl sites for hydroxylation is 3. The van der Waals surface area contributed by atoms with E-state index in [1.54, 1.807) is 27.8 Å². The molecule has 1 spiro atoms. The fourth-order valence-electron chi connectivity index (χ4n) is 5.03. The number of benzene rings is 1. The first-order valence-corrected chi connectivity index (χ1v) is 13.3. The van der Waals surface area contributed by atoms with Crippen LogP contribution in [0.1, 0.15) is 47.5 Å². The Morgan fingerprint density at radius 3 is 2.53 bits per heavy atom. The Balaban J connectivity index is 1.54. The van der Waals surface area contributed by atoms with Crippen LogP contribution in [0.4, 0.5) is 0 Å². The van der Waals surface area contributed by atoms with Gasteiger partial charge in [0.05, 0.1) is 15.6 Å². The summed E-state index contributed by atoms with van der Waals surface area (Å²) in [4.78, 5) is 7.48. The summed E-state index contributed by atoms with van der Waals surface area (Å²) >= 11 is 7.89. The summed E-state index contributed by atoms with van der Waals surface area (Å²) in [6.07, 6.45) is 4.19. The first-order chi connectivity index (χ1) is 14.2. The maximum Gasteiger partial charge on any atom is 0.243 e. The van der Waals surface area contributed by atoms with Crippen LogP contribution < -0.4 is 0 Å². The fraction of sp³-hybridized carbons (Fsp3) is 0.591. The molecule has 2 fully saturated rings. The quantitative estimate of drug-likeness (QED) is 0.648. The van der Waals surface area contributed by atoms with Crippen molar-refractivity contribution in [2.45, 2.75) is 57.9 Å². The molecule has 0 radical (unpaired) electrons. The summed E-state index contributed by atoms with van der Waals surface area (Å²) in [6.45, 7) is 9.77. The van der Waals surface area contributed by atoms with Gasteiger partial charge in [0.25, 0.3) is 0 Å². The molecule has 1 atom stereocenters. The van der Waals surface area contributed by atoms with E-state index >= 15 is 0 Å². The van der Waals surface area contributed by atoms with Crippen LogP contribution in [0.5, 0.6) is 0 Å². The number of piperidine rings is 2. The van der Waals surface area contributed by atoms with Crippen LogP contribution in [0.15, 0.2) is 22.4 Å². The number of aromatic nitrogens is 1. The topological polar surface area (TPSA) is 53.5 Å². The third-order valence-corrected chi connectivity index (χ3v) is 9.71. The van der Waals surface area contributed by atoms with Crippen LogP contribution >= 0.6 is 22.9 Å². The molecule has 8 heteroatoms. The summed E-state index contributed by atoms with van der Waals surface area (Å²) in [5, 5.41) is 3.85. The van der Waals surface area contributed by atoms with E-state index in [2.05, 4.69) is 15.3 Å². The highest BCUT2D eigenvalue weighted by Crippen LogP contribution is 2.41. The van der Waals surface area contributed by atoms with Crippen LogP contribution in [0.2, 0.25) is 5.02 Å². The Morgan fingerprint density at radius 2 is 1.83 bits per heavy atom. The van der Waals surface area contributed by atoms with Gasteiger partial charge in [0, 0.05) is 36.6 Å². The van der Waals surface area contributed by atoms with Crippen molar-refractivity contribution in [2.24, 2.45) is 5.41 Å². The molecule has 1 aromatic carbocycles. The standard InChI is InChI=1S/C22H30ClN3O2S2/c1-16-11-21(17(2)10-20(16)23)30(27,28)26-9-5-7-22(15-26)6-4-8-25(14-22)12-19-13-29-18(3)24-19/h10-11,13H,4-9,12,14-15H2,1-3H3. The van der Waals surface area contributed by atoms with E-state index < -0.39 is 10.0 Å². The highest BCUT2D eigenvalue weighted by atomic mass is 35.5. The average Bonchev–Trinajstić information content (AvgIpc) is 3.09.